The van der Waals surface area contributed by atoms with E-state index in [0.717, 1.165) is 17.7 Å². The lowest BCUT2D eigenvalue weighted by Gasteiger charge is -2.12. The summed E-state index contributed by atoms with van der Waals surface area (Å²) in [6.07, 6.45) is 0. The Kier molecular flexibility index (Phi) is 9.22. The van der Waals surface area contributed by atoms with Crippen molar-refractivity contribution in [3.63, 3.8) is 0 Å². The van der Waals surface area contributed by atoms with Gasteiger partial charge in [-0.1, -0.05) is 41.9 Å². The summed E-state index contributed by atoms with van der Waals surface area (Å²) in [5.74, 6) is 0.663. The highest BCUT2D eigenvalue weighted by Gasteiger charge is 2.04. The maximum absolute atomic E-state index is 10.7. The average Bonchev–Trinajstić information content (AvgIpc) is 2.59. The zero-order chi connectivity index (χ0) is 17.4. The van der Waals surface area contributed by atoms with Gasteiger partial charge in [-0.15, -0.1) is 24.0 Å². The lowest BCUT2D eigenvalue weighted by Crippen LogP contribution is -2.36. The van der Waals surface area contributed by atoms with Crippen molar-refractivity contribution in [3.8, 4) is 0 Å². The number of guanidine groups is 1. The highest BCUT2D eigenvalue weighted by atomic mass is 127. The van der Waals surface area contributed by atoms with E-state index in [1.807, 2.05) is 31.2 Å². The first-order valence-corrected chi connectivity index (χ1v) is 7.97. The van der Waals surface area contributed by atoms with E-state index in [9.17, 15) is 10.1 Å². The van der Waals surface area contributed by atoms with Crippen LogP contribution in [0.15, 0.2) is 53.5 Å². The van der Waals surface area contributed by atoms with Gasteiger partial charge in [-0.3, -0.25) is 10.1 Å². The Balaban J connectivity index is 0.00000312. The average molecular weight is 475 g/mol. The molecule has 0 aliphatic carbocycles. The smallest absolute Gasteiger partial charge is 0.269 e. The molecule has 0 aliphatic heterocycles. The van der Waals surface area contributed by atoms with Crippen molar-refractivity contribution in [2.45, 2.75) is 20.0 Å². The number of nitrogens with one attached hydrogen (secondary N) is 2. The summed E-state index contributed by atoms with van der Waals surface area (Å²) in [5.41, 5.74) is 1.96. The van der Waals surface area contributed by atoms with Gasteiger partial charge in [0, 0.05) is 30.2 Å². The number of benzene rings is 2. The Morgan fingerprint density at radius 2 is 1.84 bits per heavy atom. The molecule has 0 heterocycles. The van der Waals surface area contributed by atoms with E-state index in [4.69, 9.17) is 11.6 Å². The van der Waals surface area contributed by atoms with Gasteiger partial charge in [-0.05, 0) is 24.1 Å². The molecule has 0 bridgehead atoms. The van der Waals surface area contributed by atoms with Crippen molar-refractivity contribution < 1.29 is 4.92 Å². The Morgan fingerprint density at radius 1 is 1.16 bits per heavy atom. The van der Waals surface area contributed by atoms with E-state index < -0.39 is 4.92 Å². The van der Waals surface area contributed by atoms with E-state index in [2.05, 4.69) is 15.6 Å². The van der Waals surface area contributed by atoms with Gasteiger partial charge in [0.15, 0.2) is 5.96 Å². The predicted molar refractivity (Wildman–Crippen MR) is 112 cm³/mol. The first-order valence-electron chi connectivity index (χ1n) is 7.59. The minimum atomic E-state index is -0.414. The fraction of sp³-hybridized carbons (Fsp3) is 0.235. The largest absolute Gasteiger partial charge is 0.357 e. The van der Waals surface area contributed by atoms with Crippen LogP contribution in [-0.2, 0) is 13.1 Å². The quantitative estimate of drug-likeness (QED) is 0.217. The molecule has 0 saturated heterocycles. The molecular formula is C17H20ClIN4O2. The molecule has 0 fully saturated rings. The molecule has 8 heteroatoms. The number of hydrogen-bond acceptors (Lipinski definition) is 3. The molecule has 0 saturated carbocycles. The number of nitro groups is 1. The van der Waals surface area contributed by atoms with Gasteiger partial charge in [0.2, 0.25) is 0 Å². The highest BCUT2D eigenvalue weighted by molar-refractivity contribution is 14.0. The minimum Gasteiger partial charge on any atom is -0.357 e. The van der Waals surface area contributed by atoms with E-state index in [-0.39, 0.29) is 29.7 Å². The molecule has 2 N–H and O–H groups in total. The normalized spacial score (nSPS) is 10.7. The van der Waals surface area contributed by atoms with Gasteiger partial charge >= 0.3 is 0 Å². The Morgan fingerprint density at radius 3 is 2.44 bits per heavy atom. The predicted octanol–water partition coefficient (Wildman–Crippen LogP) is 4.12. The second kappa shape index (κ2) is 10.9. The third-order valence-corrected chi connectivity index (χ3v) is 3.68. The molecule has 6 nitrogen and oxygen atoms in total. The molecule has 134 valence electrons. The van der Waals surface area contributed by atoms with Crippen LogP contribution in [0.3, 0.4) is 0 Å². The summed E-state index contributed by atoms with van der Waals surface area (Å²) >= 11 is 6.14. The molecule has 0 unspecified atom stereocenters. The second-order valence-corrected chi connectivity index (χ2v) is 5.47. The first-order chi connectivity index (χ1) is 11.6. The van der Waals surface area contributed by atoms with Crippen LogP contribution in [0, 0.1) is 10.1 Å². The number of rotatable bonds is 6. The lowest BCUT2D eigenvalue weighted by molar-refractivity contribution is -0.384. The molecule has 0 atom stereocenters. The van der Waals surface area contributed by atoms with Crippen LogP contribution >= 0.6 is 35.6 Å². The lowest BCUT2D eigenvalue weighted by atomic mass is 10.2. The zero-order valence-corrected chi connectivity index (χ0v) is 16.8. The summed E-state index contributed by atoms with van der Waals surface area (Å²) in [6, 6.07) is 14.0. The molecule has 0 aromatic heterocycles. The van der Waals surface area contributed by atoms with Gasteiger partial charge in [0.25, 0.3) is 5.69 Å². The second-order valence-electron chi connectivity index (χ2n) is 5.06. The third-order valence-electron chi connectivity index (χ3n) is 3.32. The van der Waals surface area contributed by atoms with Crippen LogP contribution in [0.2, 0.25) is 5.02 Å². The van der Waals surface area contributed by atoms with Gasteiger partial charge in [0.05, 0.1) is 11.5 Å². The number of halogens is 2. The summed E-state index contributed by atoms with van der Waals surface area (Å²) in [7, 11) is 0. The van der Waals surface area contributed by atoms with Crippen molar-refractivity contribution in [1.82, 2.24) is 10.6 Å². The fourth-order valence-electron chi connectivity index (χ4n) is 2.06. The van der Waals surface area contributed by atoms with Crippen LogP contribution in [0.5, 0.6) is 0 Å². The maximum Gasteiger partial charge on any atom is 0.269 e. The number of nitrogens with zero attached hydrogens (tertiary/aromatic N) is 2. The summed E-state index contributed by atoms with van der Waals surface area (Å²) in [6.45, 7) is 3.70. The van der Waals surface area contributed by atoms with Crippen LogP contribution in [0.1, 0.15) is 18.1 Å². The van der Waals surface area contributed by atoms with Gasteiger partial charge in [-0.2, -0.15) is 0 Å². The molecule has 2 aromatic carbocycles. The van der Waals surface area contributed by atoms with E-state index in [1.165, 1.54) is 12.1 Å². The molecule has 0 aliphatic rings. The Hall–Kier alpha value is -1.87. The van der Waals surface area contributed by atoms with E-state index >= 15 is 0 Å². The Bertz CT molecular complexity index is 723. The van der Waals surface area contributed by atoms with Crippen LogP contribution < -0.4 is 10.6 Å². The molecule has 2 rings (SSSR count). The topological polar surface area (TPSA) is 79.6 Å². The van der Waals surface area contributed by atoms with Gasteiger partial charge in [0.1, 0.15) is 0 Å². The highest BCUT2D eigenvalue weighted by Crippen LogP contribution is 2.14. The molecule has 0 spiro atoms. The van der Waals surface area contributed by atoms with Crippen LogP contribution in [-0.4, -0.2) is 17.4 Å². The first kappa shape index (κ1) is 21.2. The maximum atomic E-state index is 10.7. The van der Waals surface area contributed by atoms with Crippen molar-refractivity contribution in [3.05, 3.63) is 74.8 Å². The molecule has 2 aromatic rings. The fourth-order valence-corrected chi connectivity index (χ4v) is 2.26. The zero-order valence-electron chi connectivity index (χ0n) is 13.7. The molecular weight excluding hydrogens is 455 g/mol. The summed E-state index contributed by atoms with van der Waals surface area (Å²) in [5, 5.41) is 17.7. The van der Waals surface area contributed by atoms with Gasteiger partial charge < -0.3 is 10.6 Å². The number of non-ortho nitro benzene ring substituents is 1. The van der Waals surface area contributed by atoms with Crippen LogP contribution in [0.4, 0.5) is 5.69 Å². The van der Waals surface area contributed by atoms with Crippen molar-refractivity contribution in [1.29, 1.82) is 0 Å². The Labute approximate surface area is 168 Å². The van der Waals surface area contributed by atoms with Crippen molar-refractivity contribution in [2.75, 3.05) is 6.54 Å². The summed E-state index contributed by atoms with van der Waals surface area (Å²) < 4.78 is 0. The minimum absolute atomic E-state index is 0. The summed E-state index contributed by atoms with van der Waals surface area (Å²) in [4.78, 5) is 14.7. The van der Waals surface area contributed by atoms with Crippen molar-refractivity contribution >= 4 is 47.2 Å². The number of nitro benzene ring substituents is 1. The number of aliphatic imine (C=N–C) groups is 1. The monoisotopic (exact) mass is 474 g/mol. The molecule has 25 heavy (non-hydrogen) atoms. The third kappa shape index (κ3) is 6.87. The SMILES string of the molecule is CCNC(=NCc1ccc([N+](=O)[O-])cc1)NCc1ccccc1Cl.I. The number of hydrogen-bond donors (Lipinski definition) is 2. The standard InChI is InChI=1S/C17H19ClN4O2.HI/c1-2-19-17(21-12-14-5-3-4-6-16(14)18)20-11-13-7-9-15(10-8-13)22(23)24;/h3-10H,2,11-12H2,1H3,(H2,19,20,21);1H. The van der Waals surface area contributed by atoms with Gasteiger partial charge in [-0.25, -0.2) is 4.99 Å². The van der Waals surface area contributed by atoms with Crippen molar-refractivity contribution in [2.24, 2.45) is 4.99 Å². The van der Waals surface area contributed by atoms with E-state index in [0.29, 0.717) is 24.1 Å². The molecule has 0 amide bonds. The van der Waals surface area contributed by atoms with E-state index in [1.54, 1.807) is 12.1 Å². The molecule has 0 radical (unpaired) electrons. The van der Waals surface area contributed by atoms with Crippen LogP contribution in [0.25, 0.3) is 0 Å².